The van der Waals surface area contributed by atoms with Crippen LogP contribution in [0.25, 0.3) is 0 Å². The molecule has 0 bridgehead atoms. The van der Waals surface area contributed by atoms with E-state index in [1.807, 2.05) is 12.1 Å². The van der Waals surface area contributed by atoms with Crippen molar-refractivity contribution in [3.63, 3.8) is 0 Å². The lowest BCUT2D eigenvalue weighted by Gasteiger charge is -2.19. The second-order valence-electron chi connectivity index (χ2n) is 5.51. The zero-order valence-electron chi connectivity index (χ0n) is 10.9. The van der Waals surface area contributed by atoms with Gasteiger partial charge in [-0.1, -0.05) is 29.8 Å². The molecule has 0 aliphatic carbocycles. The highest BCUT2D eigenvalue weighted by Gasteiger charge is 2.26. The molecule has 0 fully saturated rings. The normalized spacial score (nSPS) is 17.1. The Balaban J connectivity index is 2.32. The van der Waals surface area contributed by atoms with Gasteiger partial charge in [0, 0.05) is 16.3 Å². The van der Waals surface area contributed by atoms with Gasteiger partial charge in [-0.2, -0.15) is 0 Å². The topological polar surface area (TPSA) is 35.5 Å². The third-order valence-corrected chi connectivity index (χ3v) is 3.53. The summed E-state index contributed by atoms with van der Waals surface area (Å²) in [5.41, 5.74) is 0.927. The van der Waals surface area contributed by atoms with Crippen LogP contribution in [0.15, 0.2) is 16.6 Å². The van der Waals surface area contributed by atoms with Crippen molar-refractivity contribution < 1.29 is 14.3 Å². The summed E-state index contributed by atoms with van der Waals surface area (Å²) in [7, 11) is 0. The lowest BCUT2D eigenvalue weighted by molar-refractivity contribution is -0.116. The minimum Gasteiger partial charge on any atom is -0.489 e. The number of carbonyl (C=O) groups excluding carboxylic acids is 1. The molecule has 2 rings (SSSR count). The van der Waals surface area contributed by atoms with Crippen LogP contribution >= 0.6 is 15.9 Å². The second-order valence-corrected chi connectivity index (χ2v) is 6.37. The maximum atomic E-state index is 11.2. The highest BCUT2D eigenvalue weighted by Crippen LogP contribution is 2.37. The molecule has 0 amide bonds. The lowest BCUT2D eigenvalue weighted by atomic mass is 9.97. The fourth-order valence-corrected chi connectivity index (χ4v) is 2.26. The fraction of sp³-hybridized carbons (Fsp3) is 0.500. The van der Waals surface area contributed by atoms with Crippen molar-refractivity contribution in [2.45, 2.75) is 27.2 Å². The maximum Gasteiger partial charge on any atom is 0.162 e. The van der Waals surface area contributed by atoms with Gasteiger partial charge in [-0.25, -0.2) is 0 Å². The first kappa shape index (κ1) is 13.4. The van der Waals surface area contributed by atoms with Gasteiger partial charge in [0.15, 0.2) is 11.5 Å². The van der Waals surface area contributed by atoms with Crippen molar-refractivity contribution in [1.82, 2.24) is 0 Å². The maximum absolute atomic E-state index is 11.2. The number of rotatable bonds is 2. The van der Waals surface area contributed by atoms with E-state index in [1.54, 1.807) is 6.92 Å². The van der Waals surface area contributed by atoms with Crippen LogP contribution in [0.4, 0.5) is 0 Å². The molecule has 0 spiro atoms. The van der Waals surface area contributed by atoms with Crippen LogP contribution in [-0.2, 0) is 11.2 Å². The molecular weight excluding hydrogens is 296 g/mol. The van der Waals surface area contributed by atoms with Crippen molar-refractivity contribution in [3.05, 3.63) is 22.2 Å². The van der Waals surface area contributed by atoms with Crippen LogP contribution in [-0.4, -0.2) is 19.0 Å². The van der Waals surface area contributed by atoms with Crippen LogP contribution < -0.4 is 9.47 Å². The second kappa shape index (κ2) is 4.92. The number of ether oxygens (including phenoxy) is 2. The van der Waals surface area contributed by atoms with E-state index in [1.165, 1.54) is 0 Å². The number of benzene rings is 1. The molecule has 1 aliphatic heterocycles. The largest absolute Gasteiger partial charge is 0.489 e. The molecule has 0 unspecified atom stereocenters. The van der Waals surface area contributed by atoms with Gasteiger partial charge in [-0.3, -0.25) is 4.79 Å². The number of fused-ring (bicyclic) bond motifs is 1. The molecule has 4 heteroatoms. The molecule has 3 nitrogen and oxygen atoms in total. The van der Waals surface area contributed by atoms with Gasteiger partial charge in [0.1, 0.15) is 5.78 Å². The molecule has 0 aromatic heterocycles. The number of carbonyl (C=O) groups is 1. The first-order valence-electron chi connectivity index (χ1n) is 5.95. The standard InChI is InChI=1S/C14H17BrO3/c1-9(16)4-10-5-12-13(6-11(10)15)18-8-14(2,3)7-17-12/h5-6H,4,7-8H2,1-3H3. The van der Waals surface area contributed by atoms with E-state index < -0.39 is 0 Å². The predicted molar refractivity (Wildman–Crippen MR) is 73.3 cm³/mol. The van der Waals surface area contributed by atoms with Crippen molar-refractivity contribution in [2.24, 2.45) is 5.41 Å². The van der Waals surface area contributed by atoms with Gasteiger partial charge in [0.25, 0.3) is 0 Å². The molecule has 1 aromatic rings. The monoisotopic (exact) mass is 312 g/mol. The molecule has 1 aliphatic rings. The van der Waals surface area contributed by atoms with Crippen LogP contribution in [0.1, 0.15) is 26.3 Å². The van der Waals surface area contributed by atoms with Gasteiger partial charge in [0.2, 0.25) is 0 Å². The molecule has 0 N–H and O–H groups in total. The molecule has 0 radical (unpaired) electrons. The van der Waals surface area contributed by atoms with Crippen LogP contribution in [0, 0.1) is 5.41 Å². The Morgan fingerprint density at radius 3 is 2.39 bits per heavy atom. The van der Waals surface area contributed by atoms with E-state index in [9.17, 15) is 4.79 Å². The Morgan fingerprint density at radius 1 is 1.28 bits per heavy atom. The van der Waals surface area contributed by atoms with E-state index in [4.69, 9.17) is 9.47 Å². The van der Waals surface area contributed by atoms with Gasteiger partial charge in [0.05, 0.1) is 13.2 Å². The van der Waals surface area contributed by atoms with Crippen LogP contribution in [0.3, 0.4) is 0 Å². The van der Waals surface area contributed by atoms with Gasteiger partial charge in [-0.05, 0) is 24.6 Å². The molecule has 1 aromatic carbocycles. The van der Waals surface area contributed by atoms with Crippen molar-refractivity contribution in [1.29, 1.82) is 0 Å². The Labute approximate surface area is 116 Å². The minimum atomic E-state index is -0.00770. The first-order valence-corrected chi connectivity index (χ1v) is 6.74. The van der Waals surface area contributed by atoms with E-state index in [0.717, 1.165) is 21.5 Å². The number of Topliss-reactive ketones (excluding diaryl/α,β-unsaturated/α-hetero) is 1. The van der Waals surface area contributed by atoms with Gasteiger partial charge >= 0.3 is 0 Å². The average molecular weight is 313 g/mol. The third-order valence-electron chi connectivity index (χ3n) is 2.79. The van der Waals surface area contributed by atoms with Gasteiger partial charge in [-0.15, -0.1) is 0 Å². The third kappa shape index (κ3) is 3.05. The Kier molecular flexibility index (Phi) is 3.66. The average Bonchev–Trinajstić information content (AvgIpc) is 2.39. The van der Waals surface area contributed by atoms with Crippen molar-refractivity contribution in [3.8, 4) is 11.5 Å². The molecule has 18 heavy (non-hydrogen) atoms. The summed E-state index contributed by atoms with van der Waals surface area (Å²) < 4.78 is 12.4. The van der Waals surface area contributed by atoms with E-state index in [2.05, 4.69) is 29.8 Å². The quantitative estimate of drug-likeness (QED) is 0.840. The Morgan fingerprint density at radius 2 is 1.83 bits per heavy atom. The fourth-order valence-electron chi connectivity index (χ4n) is 1.79. The van der Waals surface area contributed by atoms with E-state index >= 15 is 0 Å². The number of hydrogen-bond acceptors (Lipinski definition) is 3. The van der Waals surface area contributed by atoms with Crippen molar-refractivity contribution >= 4 is 21.7 Å². The smallest absolute Gasteiger partial charge is 0.162 e. The van der Waals surface area contributed by atoms with Gasteiger partial charge < -0.3 is 9.47 Å². The number of ketones is 1. The summed E-state index contributed by atoms with van der Waals surface area (Å²) in [4.78, 5) is 11.2. The zero-order chi connectivity index (χ0) is 13.3. The minimum absolute atomic E-state index is 0.00770. The predicted octanol–water partition coefficient (Wildman–Crippen LogP) is 3.38. The van der Waals surface area contributed by atoms with E-state index in [0.29, 0.717) is 19.6 Å². The summed E-state index contributed by atoms with van der Waals surface area (Å²) in [5.74, 6) is 1.59. The summed E-state index contributed by atoms with van der Waals surface area (Å²) >= 11 is 3.47. The lowest BCUT2D eigenvalue weighted by Crippen LogP contribution is -2.26. The highest BCUT2D eigenvalue weighted by molar-refractivity contribution is 9.10. The Bertz CT molecular complexity index is 480. The number of halogens is 1. The summed E-state index contributed by atoms with van der Waals surface area (Å²) in [6.07, 6.45) is 0.403. The van der Waals surface area contributed by atoms with E-state index in [-0.39, 0.29) is 11.2 Å². The van der Waals surface area contributed by atoms with Crippen LogP contribution in [0.2, 0.25) is 0 Å². The molecule has 0 saturated heterocycles. The summed E-state index contributed by atoms with van der Waals surface area (Å²) in [6, 6.07) is 3.78. The molecule has 1 heterocycles. The SMILES string of the molecule is CC(=O)Cc1cc2c(cc1Br)OCC(C)(C)CO2. The summed E-state index contributed by atoms with van der Waals surface area (Å²) in [6.45, 7) is 7.02. The first-order chi connectivity index (χ1) is 8.37. The Hall–Kier alpha value is -1.03. The number of hydrogen-bond donors (Lipinski definition) is 0. The van der Waals surface area contributed by atoms with Crippen molar-refractivity contribution in [2.75, 3.05) is 13.2 Å². The highest BCUT2D eigenvalue weighted by atomic mass is 79.9. The van der Waals surface area contributed by atoms with Crippen LogP contribution in [0.5, 0.6) is 11.5 Å². The molecule has 98 valence electrons. The molecule has 0 saturated carbocycles. The molecular formula is C14H17BrO3. The zero-order valence-corrected chi connectivity index (χ0v) is 12.5. The molecule has 0 atom stereocenters. The summed E-state index contributed by atoms with van der Waals surface area (Å²) in [5, 5.41) is 0.